The fraction of sp³-hybridized carbons (Fsp3) is 0.250. The normalized spacial score (nSPS) is 12.9. The van der Waals surface area contributed by atoms with E-state index < -0.39 is 11.9 Å². The first-order chi connectivity index (χ1) is 6.06. The molecule has 4 N–H and O–H groups in total. The van der Waals surface area contributed by atoms with Crippen LogP contribution < -0.4 is 5.73 Å². The number of halogens is 2. The molecule has 1 atom stereocenters. The molecule has 0 saturated heterocycles. The zero-order chi connectivity index (χ0) is 10.0. The highest BCUT2D eigenvalue weighted by molar-refractivity contribution is 9.10. The highest BCUT2D eigenvalue weighted by atomic mass is 79.9. The summed E-state index contributed by atoms with van der Waals surface area (Å²) in [5.41, 5.74) is 5.27. The van der Waals surface area contributed by atoms with Gasteiger partial charge in [-0.25, -0.2) is 4.39 Å². The van der Waals surface area contributed by atoms with Crippen LogP contribution in [0.3, 0.4) is 0 Å². The van der Waals surface area contributed by atoms with E-state index in [4.69, 9.17) is 5.73 Å². The van der Waals surface area contributed by atoms with Gasteiger partial charge in [-0.15, -0.1) is 0 Å². The highest BCUT2D eigenvalue weighted by Crippen LogP contribution is 2.29. The van der Waals surface area contributed by atoms with Crippen molar-refractivity contribution in [3.05, 3.63) is 28.0 Å². The van der Waals surface area contributed by atoms with E-state index >= 15 is 0 Å². The monoisotopic (exact) mass is 249 g/mol. The van der Waals surface area contributed by atoms with Gasteiger partial charge in [-0.1, -0.05) is 0 Å². The molecule has 0 amide bonds. The van der Waals surface area contributed by atoms with Crippen molar-refractivity contribution in [1.82, 2.24) is 0 Å². The topological polar surface area (TPSA) is 66.5 Å². The summed E-state index contributed by atoms with van der Waals surface area (Å²) >= 11 is 2.90. The maximum absolute atomic E-state index is 12.9. The van der Waals surface area contributed by atoms with Gasteiger partial charge in [-0.05, 0) is 28.1 Å². The molecular formula is C8H9BrFNO2. The second kappa shape index (κ2) is 4.04. The number of hydrogen-bond donors (Lipinski definition) is 3. The number of hydrogen-bond acceptors (Lipinski definition) is 3. The average Bonchev–Trinajstić information content (AvgIpc) is 2.10. The van der Waals surface area contributed by atoms with Gasteiger partial charge in [0.05, 0.1) is 10.6 Å². The van der Waals surface area contributed by atoms with Gasteiger partial charge in [0, 0.05) is 12.1 Å². The fourth-order valence-electron chi connectivity index (χ4n) is 0.946. The van der Waals surface area contributed by atoms with Gasteiger partial charge in [0.1, 0.15) is 11.6 Å². The van der Waals surface area contributed by atoms with E-state index in [2.05, 4.69) is 15.9 Å². The summed E-state index contributed by atoms with van der Waals surface area (Å²) in [6.07, 6.45) is -1.04. The third kappa shape index (κ3) is 2.18. The zero-order valence-electron chi connectivity index (χ0n) is 6.67. The SMILES string of the molecule is NCC(O)c1cc(F)c(Br)cc1O. The minimum Gasteiger partial charge on any atom is -0.508 e. The number of nitrogens with two attached hydrogens (primary N) is 1. The predicted octanol–water partition coefficient (Wildman–Crippen LogP) is 1.29. The number of phenolic OH excluding ortho intramolecular Hbond substituents is 1. The largest absolute Gasteiger partial charge is 0.508 e. The van der Waals surface area contributed by atoms with Crippen molar-refractivity contribution in [1.29, 1.82) is 0 Å². The molecule has 72 valence electrons. The van der Waals surface area contributed by atoms with Crippen molar-refractivity contribution < 1.29 is 14.6 Å². The minimum absolute atomic E-state index is 0.0609. The Balaban J connectivity index is 3.15. The third-order valence-corrected chi connectivity index (χ3v) is 2.26. The van der Waals surface area contributed by atoms with Gasteiger partial charge >= 0.3 is 0 Å². The number of phenols is 1. The van der Waals surface area contributed by atoms with E-state index in [-0.39, 0.29) is 22.3 Å². The van der Waals surface area contributed by atoms with Crippen molar-refractivity contribution in [2.75, 3.05) is 6.54 Å². The third-order valence-electron chi connectivity index (χ3n) is 1.65. The maximum atomic E-state index is 12.9. The quantitative estimate of drug-likeness (QED) is 0.740. The lowest BCUT2D eigenvalue weighted by Crippen LogP contribution is -2.11. The van der Waals surface area contributed by atoms with Crippen molar-refractivity contribution in [2.24, 2.45) is 5.73 Å². The molecule has 0 bridgehead atoms. The predicted molar refractivity (Wildman–Crippen MR) is 49.8 cm³/mol. The molecule has 0 heterocycles. The molecule has 1 rings (SSSR count). The molecular weight excluding hydrogens is 241 g/mol. The van der Waals surface area contributed by atoms with Crippen LogP contribution in [0.5, 0.6) is 5.75 Å². The Morgan fingerprint density at radius 2 is 2.15 bits per heavy atom. The summed E-state index contributed by atoms with van der Waals surface area (Å²) in [5, 5.41) is 18.6. The Bertz CT molecular complexity index is 319. The first kappa shape index (κ1) is 10.4. The highest BCUT2D eigenvalue weighted by Gasteiger charge is 2.13. The summed E-state index contributed by atoms with van der Waals surface area (Å²) in [5.74, 6) is -0.716. The van der Waals surface area contributed by atoms with Gasteiger partial charge in [0.15, 0.2) is 0 Å². The summed E-state index contributed by atoms with van der Waals surface area (Å²) in [7, 11) is 0. The van der Waals surface area contributed by atoms with Crippen molar-refractivity contribution in [3.63, 3.8) is 0 Å². The summed E-state index contributed by atoms with van der Waals surface area (Å²) in [6.45, 7) is -0.0609. The summed E-state index contributed by atoms with van der Waals surface area (Å²) in [6, 6.07) is 2.24. The molecule has 0 spiro atoms. The Kier molecular flexibility index (Phi) is 3.24. The molecule has 5 heteroatoms. The van der Waals surface area contributed by atoms with Crippen LogP contribution in [0.4, 0.5) is 4.39 Å². The van der Waals surface area contributed by atoms with Gasteiger partial charge < -0.3 is 15.9 Å². The van der Waals surface area contributed by atoms with Gasteiger partial charge in [-0.2, -0.15) is 0 Å². The Morgan fingerprint density at radius 1 is 1.54 bits per heavy atom. The van der Waals surface area contributed by atoms with Crippen LogP contribution in [0.2, 0.25) is 0 Å². The standard InChI is InChI=1S/C8H9BrFNO2/c9-5-2-7(12)4(1-6(5)10)8(13)3-11/h1-2,8,12-13H,3,11H2. The van der Waals surface area contributed by atoms with Crippen LogP contribution in [-0.4, -0.2) is 16.8 Å². The second-order valence-corrected chi connectivity index (χ2v) is 3.43. The lowest BCUT2D eigenvalue weighted by Gasteiger charge is -2.10. The molecule has 0 aliphatic rings. The molecule has 0 fully saturated rings. The first-order valence-electron chi connectivity index (χ1n) is 3.62. The van der Waals surface area contributed by atoms with E-state index in [0.717, 1.165) is 6.07 Å². The van der Waals surface area contributed by atoms with E-state index in [1.807, 2.05) is 0 Å². The molecule has 0 saturated carbocycles. The Hall–Kier alpha value is -0.650. The number of aliphatic hydroxyl groups is 1. The van der Waals surface area contributed by atoms with Crippen LogP contribution in [0.25, 0.3) is 0 Å². The van der Waals surface area contributed by atoms with Gasteiger partial charge in [-0.3, -0.25) is 0 Å². The van der Waals surface area contributed by atoms with E-state index in [1.54, 1.807) is 0 Å². The molecule has 0 aliphatic carbocycles. The van der Waals surface area contributed by atoms with Crippen LogP contribution in [0.15, 0.2) is 16.6 Å². The molecule has 0 radical (unpaired) electrons. The van der Waals surface area contributed by atoms with Crippen LogP contribution >= 0.6 is 15.9 Å². The minimum atomic E-state index is -1.04. The van der Waals surface area contributed by atoms with Gasteiger partial charge in [0.2, 0.25) is 0 Å². The number of aromatic hydroxyl groups is 1. The first-order valence-corrected chi connectivity index (χ1v) is 4.41. The second-order valence-electron chi connectivity index (χ2n) is 2.58. The average molecular weight is 250 g/mol. The summed E-state index contributed by atoms with van der Waals surface area (Å²) < 4.78 is 13.1. The molecule has 3 nitrogen and oxygen atoms in total. The molecule has 1 unspecified atom stereocenters. The van der Waals surface area contributed by atoms with Crippen molar-refractivity contribution in [2.45, 2.75) is 6.10 Å². The summed E-state index contributed by atoms with van der Waals surface area (Å²) in [4.78, 5) is 0. The number of rotatable bonds is 2. The van der Waals surface area contributed by atoms with Crippen molar-refractivity contribution in [3.8, 4) is 5.75 Å². The van der Waals surface area contributed by atoms with Crippen LogP contribution in [-0.2, 0) is 0 Å². The molecule has 1 aromatic carbocycles. The molecule has 1 aromatic rings. The molecule has 0 aliphatic heterocycles. The fourth-order valence-corrected chi connectivity index (χ4v) is 1.28. The van der Waals surface area contributed by atoms with Crippen LogP contribution in [0, 0.1) is 5.82 Å². The molecule has 0 aromatic heterocycles. The molecule has 13 heavy (non-hydrogen) atoms. The lowest BCUT2D eigenvalue weighted by atomic mass is 10.1. The Morgan fingerprint density at radius 3 is 2.69 bits per heavy atom. The maximum Gasteiger partial charge on any atom is 0.138 e. The number of aliphatic hydroxyl groups excluding tert-OH is 1. The van der Waals surface area contributed by atoms with Crippen LogP contribution in [0.1, 0.15) is 11.7 Å². The van der Waals surface area contributed by atoms with Gasteiger partial charge in [0.25, 0.3) is 0 Å². The zero-order valence-corrected chi connectivity index (χ0v) is 8.25. The smallest absolute Gasteiger partial charge is 0.138 e. The van der Waals surface area contributed by atoms with E-state index in [0.29, 0.717) is 0 Å². The Labute approximate surface area is 83.1 Å². The van der Waals surface area contributed by atoms with E-state index in [1.165, 1.54) is 6.07 Å². The van der Waals surface area contributed by atoms with Crippen molar-refractivity contribution >= 4 is 15.9 Å². The van der Waals surface area contributed by atoms with E-state index in [9.17, 15) is 14.6 Å². The lowest BCUT2D eigenvalue weighted by molar-refractivity contribution is 0.182. The number of benzene rings is 1.